The normalized spacial score (nSPS) is 24.3. The first kappa shape index (κ1) is 25.9. The molecule has 0 radical (unpaired) electrons. The van der Waals surface area contributed by atoms with E-state index in [0.29, 0.717) is 55.2 Å². The number of carboxylic acids is 1. The maximum atomic E-state index is 13.8. The number of nitrogens with two attached hydrogens (primary N) is 1. The van der Waals surface area contributed by atoms with E-state index >= 15 is 0 Å². The third-order valence-electron chi connectivity index (χ3n) is 8.20. The number of nitrogens with zero attached hydrogens (tertiary/aromatic N) is 1. The summed E-state index contributed by atoms with van der Waals surface area (Å²) in [5, 5.41) is 12.9. The molecule has 2 aliphatic rings. The second kappa shape index (κ2) is 10.9. The van der Waals surface area contributed by atoms with Crippen LogP contribution in [0.4, 0.5) is 10.1 Å². The van der Waals surface area contributed by atoms with Gasteiger partial charge in [-0.3, -0.25) is 9.59 Å². The Balaban J connectivity index is 1.37. The summed E-state index contributed by atoms with van der Waals surface area (Å²) in [7, 11) is 0. The number of carbonyl (C=O) groups is 3. The van der Waals surface area contributed by atoms with Crippen LogP contribution in [-0.2, 0) is 9.59 Å². The van der Waals surface area contributed by atoms with Crippen molar-refractivity contribution in [3.05, 3.63) is 65.9 Å². The molecule has 8 nitrogen and oxygen atoms in total. The van der Waals surface area contributed by atoms with Crippen LogP contribution in [0.15, 0.2) is 54.6 Å². The van der Waals surface area contributed by atoms with Crippen molar-refractivity contribution < 1.29 is 23.9 Å². The van der Waals surface area contributed by atoms with E-state index in [-0.39, 0.29) is 35.3 Å². The molecule has 5 rings (SSSR count). The number of likely N-dealkylation sites (tertiary alicyclic amines) is 1. The molecule has 3 atom stereocenters. The molecule has 2 fully saturated rings. The van der Waals surface area contributed by atoms with E-state index in [2.05, 4.69) is 10.3 Å². The third-order valence-corrected chi connectivity index (χ3v) is 8.20. The van der Waals surface area contributed by atoms with Crippen molar-refractivity contribution in [1.29, 1.82) is 0 Å². The summed E-state index contributed by atoms with van der Waals surface area (Å²) in [6.07, 6.45) is 3.39. The Morgan fingerprint density at radius 2 is 1.79 bits per heavy atom. The molecule has 1 aliphatic heterocycles. The fourth-order valence-corrected chi connectivity index (χ4v) is 6.11. The molecule has 2 aromatic carbocycles. The van der Waals surface area contributed by atoms with Crippen LogP contribution in [0.5, 0.6) is 0 Å². The Hall–Kier alpha value is -3.72. The van der Waals surface area contributed by atoms with Gasteiger partial charge in [0.25, 0.3) is 0 Å². The number of aromatic amines is 1. The number of alkyl halides is 1. The molecule has 38 heavy (non-hydrogen) atoms. The van der Waals surface area contributed by atoms with Gasteiger partial charge >= 0.3 is 5.97 Å². The molecule has 1 aromatic heterocycles. The quantitative estimate of drug-likeness (QED) is 0.369. The summed E-state index contributed by atoms with van der Waals surface area (Å²) in [5.74, 6) is -1.61. The Morgan fingerprint density at radius 3 is 2.47 bits per heavy atom. The number of amides is 2. The topological polar surface area (TPSA) is 129 Å². The highest BCUT2D eigenvalue weighted by atomic mass is 19.1. The first-order valence-corrected chi connectivity index (χ1v) is 13.2. The summed E-state index contributed by atoms with van der Waals surface area (Å²) < 4.78 is 13.0. The van der Waals surface area contributed by atoms with Gasteiger partial charge < -0.3 is 26.0 Å². The lowest BCUT2D eigenvalue weighted by Gasteiger charge is -2.35. The third kappa shape index (κ3) is 5.15. The molecule has 9 heteroatoms. The molecule has 0 spiro atoms. The maximum absolute atomic E-state index is 13.8. The Morgan fingerprint density at radius 1 is 1.05 bits per heavy atom. The molecule has 2 heterocycles. The number of carbonyl (C=O) groups excluding carboxylic acids is 2. The van der Waals surface area contributed by atoms with Gasteiger partial charge in [-0.1, -0.05) is 30.3 Å². The number of aromatic nitrogens is 1. The number of hydrogen-bond donors (Lipinski definition) is 4. The first-order chi connectivity index (χ1) is 18.4. The molecule has 200 valence electrons. The van der Waals surface area contributed by atoms with Gasteiger partial charge in [-0.15, -0.1) is 0 Å². The van der Waals surface area contributed by atoms with Gasteiger partial charge in [-0.25, -0.2) is 9.18 Å². The second-order valence-electron chi connectivity index (χ2n) is 10.5. The SMILES string of the molecule is N[C@H](CF)[C@H]1CC[C@H](C(=O)N2CC[C@@H](c3ccccc3)[C@H]2C(=O)Nc2ccc3[nH]c(C(=O)O)cc3c2)CC1. The number of aromatic carboxylic acids is 1. The first-order valence-electron chi connectivity index (χ1n) is 13.2. The average molecular weight is 521 g/mol. The van der Waals surface area contributed by atoms with Crippen molar-refractivity contribution in [2.24, 2.45) is 17.6 Å². The molecule has 5 N–H and O–H groups in total. The Kier molecular flexibility index (Phi) is 7.46. The van der Waals surface area contributed by atoms with Crippen molar-refractivity contribution in [1.82, 2.24) is 9.88 Å². The van der Waals surface area contributed by atoms with Crippen LogP contribution in [-0.4, -0.2) is 58.1 Å². The zero-order valence-electron chi connectivity index (χ0n) is 21.1. The van der Waals surface area contributed by atoms with Crippen LogP contribution in [0.2, 0.25) is 0 Å². The van der Waals surface area contributed by atoms with Gasteiger partial charge in [0.1, 0.15) is 18.4 Å². The van der Waals surface area contributed by atoms with E-state index in [1.165, 1.54) is 6.07 Å². The Labute approximate surface area is 220 Å². The molecule has 3 aromatic rings. The zero-order valence-corrected chi connectivity index (χ0v) is 21.1. The van der Waals surface area contributed by atoms with E-state index in [9.17, 15) is 23.9 Å². The molecule has 1 saturated heterocycles. The molecule has 1 aliphatic carbocycles. The van der Waals surface area contributed by atoms with Gasteiger partial charge in [0.15, 0.2) is 0 Å². The highest BCUT2D eigenvalue weighted by Crippen LogP contribution is 2.38. The largest absolute Gasteiger partial charge is 0.477 e. The van der Waals surface area contributed by atoms with E-state index in [1.54, 1.807) is 23.1 Å². The maximum Gasteiger partial charge on any atom is 0.352 e. The van der Waals surface area contributed by atoms with Crippen LogP contribution in [0.3, 0.4) is 0 Å². The lowest BCUT2D eigenvalue weighted by Crippen LogP contribution is -2.48. The Bertz CT molecular complexity index is 1320. The molecule has 2 amide bonds. The second-order valence-corrected chi connectivity index (χ2v) is 10.5. The number of hydrogen-bond acceptors (Lipinski definition) is 4. The average Bonchev–Trinajstić information content (AvgIpc) is 3.58. The van der Waals surface area contributed by atoms with Crippen molar-refractivity contribution in [2.45, 2.75) is 50.1 Å². The molecule has 0 unspecified atom stereocenters. The van der Waals surface area contributed by atoms with Crippen LogP contribution < -0.4 is 11.1 Å². The summed E-state index contributed by atoms with van der Waals surface area (Å²) in [6, 6.07) is 15.3. The predicted molar refractivity (Wildman–Crippen MR) is 143 cm³/mol. The van der Waals surface area contributed by atoms with Gasteiger partial charge in [-0.05, 0) is 67.9 Å². The van der Waals surface area contributed by atoms with E-state index in [4.69, 9.17) is 5.73 Å². The highest BCUT2D eigenvalue weighted by molar-refractivity contribution is 6.01. The minimum absolute atomic E-state index is 0.0250. The van der Waals surface area contributed by atoms with E-state index in [0.717, 1.165) is 5.56 Å². The zero-order chi connectivity index (χ0) is 26.8. The van der Waals surface area contributed by atoms with Crippen LogP contribution in [0.25, 0.3) is 10.9 Å². The number of rotatable bonds is 7. The number of fused-ring (bicyclic) bond motifs is 1. The van der Waals surface area contributed by atoms with Crippen molar-refractivity contribution in [2.75, 3.05) is 18.5 Å². The van der Waals surface area contributed by atoms with Gasteiger partial charge in [0.2, 0.25) is 11.8 Å². The summed E-state index contributed by atoms with van der Waals surface area (Å²) in [4.78, 5) is 43.4. The standard InChI is InChI=1S/C29H33FN4O4/c30-16-23(31)18-6-8-19(9-7-18)28(36)34-13-12-22(17-4-2-1-3-5-17)26(34)27(35)32-21-10-11-24-20(14-21)15-25(33-24)29(37)38/h1-5,10-11,14-15,18-19,22-23,26,33H,6-9,12-13,16,31H2,(H,32,35)(H,37,38)/t18-,19-,22-,23+,26-/m0/s1. The molecule has 1 saturated carbocycles. The fraction of sp³-hybridized carbons (Fsp3) is 0.414. The number of H-pyrrole nitrogens is 1. The fourth-order valence-electron chi connectivity index (χ4n) is 6.11. The van der Waals surface area contributed by atoms with E-state index < -0.39 is 24.7 Å². The number of benzene rings is 2. The monoisotopic (exact) mass is 520 g/mol. The molecular weight excluding hydrogens is 487 g/mol. The molecular formula is C29H33FN4O4. The number of anilines is 1. The van der Waals surface area contributed by atoms with Crippen LogP contribution in [0, 0.1) is 11.8 Å². The summed E-state index contributed by atoms with van der Waals surface area (Å²) >= 11 is 0. The van der Waals surface area contributed by atoms with Gasteiger partial charge in [0, 0.05) is 41.0 Å². The predicted octanol–water partition coefficient (Wildman–Crippen LogP) is 4.29. The lowest BCUT2D eigenvalue weighted by atomic mass is 9.78. The minimum atomic E-state index is -1.06. The lowest BCUT2D eigenvalue weighted by molar-refractivity contribution is -0.141. The number of nitrogens with one attached hydrogen (secondary N) is 2. The van der Waals surface area contributed by atoms with E-state index in [1.807, 2.05) is 30.3 Å². The van der Waals surface area contributed by atoms with Crippen molar-refractivity contribution in [3.63, 3.8) is 0 Å². The van der Waals surface area contributed by atoms with Crippen LogP contribution >= 0.6 is 0 Å². The van der Waals surface area contributed by atoms with Crippen molar-refractivity contribution >= 4 is 34.4 Å². The number of carboxylic acid groups (broad SMARTS) is 1. The smallest absolute Gasteiger partial charge is 0.352 e. The highest BCUT2D eigenvalue weighted by Gasteiger charge is 2.44. The number of halogens is 1. The van der Waals surface area contributed by atoms with Gasteiger partial charge in [-0.2, -0.15) is 0 Å². The van der Waals surface area contributed by atoms with Gasteiger partial charge in [0.05, 0.1) is 0 Å². The van der Waals surface area contributed by atoms with Crippen molar-refractivity contribution in [3.8, 4) is 0 Å². The summed E-state index contributed by atoms with van der Waals surface area (Å²) in [6.45, 7) is -0.0677. The minimum Gasteiger partial charge on any atom is -0.477 e. The molecule has 0 bridgehead atoms. The van der Waals surface area contributed by atoms with Crippen LogP contribution in [0.1, 0.15) is 54.1 Å². The summed E-state index contributed by atoms with van der Waals surface area (Å²) in [5.41, 5.74) is 8.17.